The van der Waals surface area contributed by atoms with Crippen molar-refractivity contribution in [1.82, 2.24) is 0 Å². The van der Waals surface area contributed by atoms with Gasteiger partial charge in [-0.2, -0.15) is 0 Å². The van der Waals surface area contributed by atoms with Crippen LogP contribution in [0.3, 0.4) is 0 Å². The Bertz CT molecular complexity index is 899. The molecule has 0 saturated carbocycles. The van der Waals surface area contributed by atoms with E-state index < -0.39 is 23.7 Å². The zero-order valence-electron chi connectivity index (χ0n) is 16.2. The topological polar surface area (TPSA) is 9.23 Å². The van der Waals surface area contributed by atoms with E-state index in [4.69, 9.17) is 0 Å². The lowest BCUT2D eigenvalue weighted by Crippen LogP contribution is -2.17. The third-order valence-corrected chi connectivity index (χ3v) is 5.17. The maximum atomic E-state index is 15.1. The van der Waals surface area contributed by atoms with E-state index in [0.29, 0.717) is 18.4 Å². The first kappa shape index (κ1) is 21.3. The van der Waals surface area contributed by atoms with Crippen LogP contribution >= 0.6 is 0 Å². The van der Waals surface area contributed by atoms with Crippen LogP contribution in [0.2, 0.25) is 0 Å². The first-order chi connectivity index (χ1) is 13.8. The van der Waals surface area contributed by atoms with E-state index in [-0.39, 0.29) is 11.1 Å². The second kappa shape index (κ2) is 8.97. The van der Waals surface area contributed by atoms with Crippen molar-refractivity contribution in [2.45, 2.75) is 58.2 Å². The molecule has 0 saturated heterocycles. The SMILES string of the molecule is CCCCCCC1=CCc2c(ccc(-c3ccc(OC(F)(F)F)c(F)c3)c2F)C1. The minimum Gasteiger partial charge on any atom is -0.403 e. The Kier molecular flexibility index (Phi) is 6.60. The van der Waals surface area contributed by atoms with Gasteiger partial charge >= 0.3 is 6.36 Å². The standard InChI is InChI=1S/C23H23F5O/c1-2-3-4-5-6-15-7-10-18-16(13-15)8-11-19(22(18)25)17-9-12-21(20(24)14-17)29-23(26,27)28/h7-9,11-12,14H,2-6,10,13H2,1H3. The predicted octanol–water partition coefficient (Wildman–Crippen LogP) is 7.53. The summed E-state index contributed by atoms with van der Waals surface area (Å²) in [5.74, 6) is -2.57. The molecule has 0 spiro atoms. The van der Waals surface area contributed by atoms with Crippen molar-refractivity contribution in [3.05, 3.63) is 64.7 Å². The number of allylic oxidation sites excluding steroid dienone is 2. The first-order valence-electron chi connectivity index (χ1n) is 9.82. The highest BCUT2D eigenvalue weighted by molar-refractivity contribution is 5.67. The highest BCUT2D eigenvalue weighted by atomic mass is 19.4. The molecule has 1 nitrogen and oxygen atoms in total. The van der Waals surface area contributed by atoms with Crippen LogP contribution in [0.1, 0.15) is 50.2 Å². The van der Waals surface area contributed by atoms with Crippen LogP contribution in [0.4, 0.5) is 22.0 Å². The molecular formula is C23H23F5O. The molecule has 1 aliphatic carbocycles. The second-order valence-electron chi connectivity index (χ2n) is 7.31. The number of halogens is 5. The molecule has 6 heteroatoms. The van der Waals surface area contributed by atoms with Crippen molar-refractivity contribution < 1.29 is 26.7 Å². The number of benzene rings is 2. The van der Waals surface area contributed by atoms with Crippen LogP contribution in [-0.2, 0) is 12.8 Å². The van der Waals surface area contributed by atoms with E-state index in [0.717, 1.165) is 30.5 Å². The van der Waals surface area contributed by atoms with E-state index in [1.807, 2.05) is 6.07 Å². The fraction of sp³-hybridized carbons (Fsp3) is 0.391. The third kappa shape index (κ3) is 5.37. The molecular weight excluding hydrogens is 387 g/mol. The van der Waals surface area contributed by atoms with Gasteiger partial charge in [0.25, 0.3) is 0 Å². The van der Waals surface area contributed by atoms with E-state index in [1.54, 1.807) is 6.07 Å². The molecule has 0 bridgehead atoms. The van der Waals surface area contributed by atoms with Crippen LogP contribution < -0.4 is 4.74 Å². The molecule has 0 aliphatic heterocycles. The Labute approximate surface area is 167 Å². The lowest BCUT2D eigenvalue weighted by molar-refractivity contribution is -0.275. The van der Waals surface area contributed by atoms with Crippen molar-refractivity contribution in [3.63, 3.8) is 0 Å². The van der Waals surface area contributed by atoms with Gasteiger partial charge in [0, 0.05) is 5.56 Å². The summed E-state index contributed by atoms with van der Waals surface area (Å²) in [7, 11) is 0. The average Bonchev–Trinajstić information content (AvgIpc) is 2.66. The van der Waals surface area contributed by atoms with Crippen molar-refractivity contribution in [2.75, 3.05) is 0 Å². The van der Waals surface area contributed by atoms with Crippen LogP contribution in [0.15, 0.2) is 42.0 Å². The molecule has 2 aromatic carbocycles. The summed E-state index contributed by atoms with van der Waals surface area (Å²) in [6, 6.07) is 6.35. The molecule has 1 aliphatic rings. The zero-order chi connectivity index (χ0) is 21.0. The quantitative estimate of drug-likeness (QED) is 0.260. The van der Waals surface area contributed by atoms with Gasteiger partial charge in [-0.1, -0.05) is 56.0 Å². The van der Waals surface area contributed by atoms with Gasteiger partial charge in [-0.05, 0) is 54.5 Å². The van der Waals surface area contributed by atoms with Gasteiger partial charge in [0.1, 0.15) is 5.82 Å². The van der Waals surface area contributed by atoms with E-state index in [9.17, 15) is 17.6 Å². The summed E-state index contributed by atoms with van der Waals surface area (Å²) >= 11 is 0. The molecule has 29 heavy (non-hydrogen) atoms. The molecule has 0 amide bonds. The Balaban J connectivity index is 1.78. The van der Waals surface area contributed by atoms with Gasteiger partial charge in [-0.25, -0.2) is 8.78 Å². The summed E-state index contributed by atoms with van der Waals surface area (Å²) in [5, 5.41) is 0. The minimum absolute atomic E-state index is 0.168. The van der Waals surface area contributed by atoms with E-state index in [1.165, 1.54) is 30.9 Å². The van der Waals surface area contributed by atoms with E-state index in [2.05, 4.69) is 17.7 Å². The number of ether oxygens (including phenoxy) is 1. The number of alkyl halides is 3. The molecule has 156 valence electrons. The van der Waals surface area contributed by atoms with Crippen LogP contribution in [0, 0.1) is 11.6 Å². The zero-order valence-corrected chi connectivity index (χ0v) is 16.2. The molecule has 0 heterocycles. The molecule has 0 fully saturated rings. The van der Waals surface area contributed by atoms with Gasteiger partial charge < -0.3 is 4.74 Å². The summed E-state index contributed by atoms with van der Waals surface area (Å²) in [6.45, 7) is 2.17. The lowest BCUT2D eigenvalue weighted by atomic mass is 9.86. The van der Waals surface area contributed by atoms with Gasteiger partial charge in [-0.3, -0.25) is 0 Å². The summed E-state index contributed by atoms with van der Waals surface area (Å²) in [4.78, 5) is 0. The largest absolute Gasteiger partial charge is 0.573 e. The minimum atomic E-state index is -4.99. The third-order valence-electron chi connectivity index (χ3n) is 5.17. The molecule has 0 aromatic heterocycles. The fourth-order valence-electron chi connectivity index (χ4n) is 3.68. The van der Waals surface area contributed by atoms with Gasteiger partial charge in [0.05, 0.1) is 0 Å². The Hall–Kier alpha value is -2.37. The molecule has 0 atom stereocenters. The fourth-order valence-corrected chi connectivity index (χ4v) is 3.68. The summed E-state index contributed by atoms with van der Waals surface area (Å²) < 4.78 is 69.6. The van der Waals surface area contributed by atoms with Gasteiger partial charge in [-0.15, -0.1) is 13.2 Å². The monoisotopic (exact) mass is 410 g/mol. The smallest absolute Gasteiger partial charge is 0.403 e. The Morgan fingerprint density at radius 1 is 1.00 bits per heavy atom. The summed E-state index contributed by atoms with van der Waals surface area (Å²) in [6.07, 6.45) is 3.96. The number of unbranched alkanes of at least 4 members (excludes halogenated alkanes) is 3. The highest BCUT2D eigenvalue weighted by Gasteiger charge is 2.32. The molecule has 0 radical (unpaired) electrons. The van der Waals surface area contributed by atoms with Gasteiger partial charge in [0.15, 0.2) is 11.6 Å². The van der Waals surface area contributed by atoms with E-state index >= 15 is 4.39 Å². The maximum Gasteiger partial charge on any atom is 0.573 e. The molecule has 3 rings (SSSR count). The van der Waals surface area contributed by atoms with Crippen molar-refractivity contribution in [1.29, 1.82) is 0 Å². The van der Waals surface area contributed by atoms with Crippen molar-refractivity contribution in [3.8, 4) is 16.9 Å². The molecule has 0 N–H and O–H groups in total. The number of fused-ring (bicyclic) bond motifs is 1. The predicted molar refractivity (Wildman–Crippen MR) is 103 cm³/mol. The Morgan fingerprint density at radius 3 is 2.48 bits per heavy atom. The van der Waals surface area contributed by atoms with Crippen molar-refractivity contribution >= 4 is 0 Å². The molecule has 0 unspecified atom stereocenters. The number of rotatable bonds is 7. The van der Waals surface area contributed by atoms with Crippen LogP contribution in [-0.4, -0.2) is 6.36 Å². The maximum absolute atomic E-state index is 15.1. The van der Waals surface area contributed by atoms with Crippen LogP contribution in [0.25, 0.3) is 11.1 Å². The number of hydrogen-bond acceptors (Lipinski definition) is 1. The van der Waals surface area contributed by atoms with Crippen LogP contribution in [0.5, 0.6) is 5.75 Å². The van der Waals surface area contributed by atoms with Crippen molar-refractivity contribution in [2.24, 2.45) is 0 Å². The lowest BCUT2D eigenvalue weighted by Gasteiger charge is -2.20. The normalized spacial score (nSPS) is 13.8. The number of hydrogen-bond donors (Lipinski definition) is 0. The second-order valence-corrected chi connectivity index (χ2v) is 7.31. The van der Waals surface area contributed by atoms with Gasteiger partial charge in [0.2, 0.25) is 0 Å². The Morgan fingerprint density at radius 2 is 1.79 bits per heavy atom. The molecule has 2 aromatic rings. The summed E-state index contributed by atoms with van der Waals surface area (Å²) in [5.41, 5.74) is 3.13. The average molecular weight is 410 g/mol. The highest BCUT2D eigenvalue weighted by Crippen LogP contribution is 2.34. The first-order valence-corrected chi connectivity index (χ1v) is 9.82.